The van der Waals surface area contributed by atoms with Gasteiger partial charge in [0.25, 0.3) is 0 Å². The fraction of sp³-hybridized carbons (Fsp3) is 0.250. The van der Waals surface area contributed by atoms with E-state index >= 15 is 0 Å². The van der Waals surface area contributed by atoms with Crippen LogP contribution in [0.3, 0.4) is 0 Å². The van der Waals surface area contributed by atoms with Crippen LogP contribution in [0.2, 0.25) is 5.02 Å². The highest BCUT2D eigenvalue weighted by atomic mass is 35.5. The van der Waals surface area contributed by atoms with E-state index in [0.717, 1.165) is 0 Å². The number of aliphatic hydroxyl groups is 1. The van der Waals surface area contributed by atoms with Crippen molar-refractivity contribution >= 4 is 11.6 Å². The van der Waals surface area contributed by atoms with Gasteiger partial charge in [0, 0.05) is 5.56 Å². The topological polar surface area (TPSA) is 20.2 Å². The van der Waals surface area contributed by atoms with Crippen molar-refractivity contribution in [1.82, 2.24) is 0 Å². The van der Waals surface area contributed by atoms with Gasteiger partial charge in [-0.2, -0.15) is 0 Å². The monoisotopic (exact) mass is 174 g/mol. The fourth-order valence-corrected chi connectivity index (χ4v) is 1.13. The Morgan fingerprint density at radius 1 is 1.55 bits per heavy atom. The van der Waals surface area contributed by atoms with Crippen LogP contribution in [-0.2, 0) is 0 Å². The minimum absolute atomic E-state index is 0.00231. The Kier molecular flexibility index (Phi) is 2.47. The van der Waals surface area contributed by atoms with E-state index in [-0.39, 0.29) is 5.02 Å². The van der Waals surface area contributed by atoms with E-state index < -0.39 is 11.9 Å². The number of hydrogen-bond acceptors (Lipinski definition) is 1. The van der Waals surface area contributed by atoms with Crippen LogP contribution in [0, 0.1) is 5.82 Å². The van der Waals surface area contributed by atoms with Crippen molar-refractivity contribution in [2.75, 3.05) is 0 Å². The second-order valence-corrected chi connectivity index (χ2v) is 2.70. The number of hydrogen-bond donors (Lipinski definition) is 1. The summed E-state index contributed by atoms with van der Waals surface area (Å²) >= 11 is 5.55. The van der Waals surface area contributed by atoms with E-state index in [1.165, 1.54) is 12.1 Å². The van der Waals surface area contributed by atoms with E-state index in [1.807, 2.05) is 0 Å². The van der Waals surface area contributed by atoms with Crippen molar-refractivity contribution in [3.8, 4) is 0 Å². The summed E-state index contributed by atoms with van der Waals surface area (Å²) in [5, 5.41) is 9.08. The summed E-state index contributed by atoms with van der Waals surface area (Å²) in [5.41, 5.74) is 0.423. The number of benzene rings is 1. The maximum atomic E-state index is 12.7. The first-order valence-electron chi connectivity index (χ1n) is 3.25. The highest BCUT2D eigenvalue weighted by molar-refractivity contribution is 6.31. The molecule has 1 atom stereocenters. The summed E-state index contributed by atoms with van der Waals surface area (Å²) in [6.07, 6.45) is -0.724. The zero-order valence-corrected chi connectivity index (χ0v) is 6.77. The number of aliphatic hydroxyl groups excluding tert-OH is 1. The lowest BCUT2D eigenvalue weighted by Crippen LogP contribution is -1.93. The first-order chi connectivity index (χ1) is 5.13. The summed E-state index contributed by atoms with van der Waals surface area (Å²) in [5.74, 6) is -0.495. The first kappa shape index (κ1) is 8.50. The zero-order chi connectivity index (χ0) is 8.43. The molecule has 60 valence electrons. The second-order valence-electron chi connectivity index (χ2n) is 2.32. The van der Waals surface area contributed by atoms with Crippen molar-refractivity contribution in [3.05, 3.63) is 34.6 Å². The molecular weight excluding hydrogens is 167 g/mol. The van der Waals surface area contributed by atoms with E-state index in [1.54, 1.807) is 13.0 Å². The van der Waals surface area contributed by atoms with Crippen LogP contribution >= 0.6 is 11.6 Å². The molecule has 1 aromatic rings. The standard InChI is InChI=1S/C8H8ClFO/c1-5(11)6-3-2-4-7(10)8(6)9/h2-5,11H,1H3/t5-/m1/s1. The normalized spacial score (nSPS) is 13.1. The van der Waals surface area contributed by atoms with Crippen LogP contribution in [0.5, 0.6) is 0 Å². The minimum atomic E-state index is -0.724. The third-order valence-electron chi connectivity index (χ3n) is 1.43. The Morgan fingerprint density at radius 2 is 2.18 bits per heavy atom. The van der Waals surface area contributed by atoms with Gasteiger partial charge in [-0.3, -0.25) is 0 Å². The SMILES string of the molecule is C[C@@H](O)c1cccc(F)c1Cl. The molecule has 1 nitrogen and oxygen atoms in total. The highest BCUT2D eigenvalue weighted by Crippen LogP contribution is 2.24. The summed E-state index contributed by atoms with van der Waals surface area (Å²) in [6, 6.07) is 4.37. The lowest BCUT2D eigenvalue weighted by molar-refractivity contribution is 0.199. The smallest absolute Gasteiger partial charge is 0.142 e. The Labute approximate surface area is 69.4 Å². The molecule has 11 heavy (non-hydrogen) atoms. The molecule has 0 radical (unpaired) electrons. The Morgan fingerprint density at radius 3 is 2.64 bits per heavy atom. The lowest BCUT2D eigenvalue weighted by atomic mass is 10.1. The van der Waals surface area contributed by atoms with Gasteiger partial charge in [0.2, 0.25) is 0 Å². The van der Waals surface area contributed by atoms with Crippen molar-refractivity contribution in [2.24, 2.45) is 0 Å². The van der Waals surface area contributed by atoms with Crippen molar-refractivity contribution < 1.29 is 9.50 Å². The van der Waals surface area contributed by atoms with Gasteiger partial charge >= 0.3 is 0 Å². The van der Waals surface area contributed by atoms with Crippen LogP contribution in [0.4, 0.5) is 4.39 Å². The van der Waals surface area contributed by atoms with Crippen LogP contribution in [-0.4, -0.2) is 5.11 Å². The van der Waals surface area contributed by atoms with E-state index in [2.05, 4.69) is 0 Å². The summed E-state index contributed by atoms with van der Waals surface area (Å²) < 4.78 is 12.7. The predicted molar refractivity (Wildman–Crippen MR) is 42.0 cm³/mol. The highest BCUT2D eigenvalue weighted by Gasteiger charge is 2.08. The quantitative estimate of drug-likeness (QED) is 0.694. The molecule has 0 heterocycles. The van der Waals surface area contributed by atoms with Crippen molar-refractivity contribution in [2.45, 2.75) is 13.0 Å². The molecule has 0 aliphatic rings. The Bertz CT molecular complexity index is 260. The largest absolute Gasteiger partial charge is 0.389 e. The number of rotatable bonds is 1. The van der Waals surface area contributed by atoms with Gasteiger partial charge < -0.3 is 5.11 Å². The maximum absolute atomic E-state index is 12.7. The zero-order valence-electron chi connectivity index (χ0n) is 6.01. The average molecular weight is 175 g/mol. The Hall–Kier alpha value is -0.600. The van der Waals surface area contributed by atoms with Gasteiger partial charge in [-0.1, -0.05) is 23.7 Å². The molecule has 3 heteroatoms. The molecule has 0 fully saturated rings. The molecule has 1 N–H and O–H groups in total. The average Bonchev–Trinajstić information content (AvgIpc) is 1.94. The fourth-order valence-electron chi connectivity index (χ4n) is 0.843. The van der Waals surface area contributed by atoms with Crippen LogP contribution < -0.4 is 0 Å². The molecule has 0 saturated carbocycles. The van der Waals surface area contributed by atoms with Gasteiger partial charge in [-0.05, 0) is 13.0 Å². The second kappa shape index (κ2) is 3.20. The van der Waals surface area contributed by atoms with E-state index in [0.29, 0.717) is 5.56 Å². The van der Waals surface area contributed by atoms with E-state index in [9.17, 15) is 4.39 Å². The van der Waals surface area contributed by atoms with Gasteiger partial charge in [-0.15, -0.1) is 0 Å². The van der Waals surface area contributed by atoms with Crippen molar-refractivity contribution in [3.63, 3.8) is 0 Å². The van der Waals surface area contributed by atoms with Gasteiger partial charge in [0.05, 0.1) is 11.1 Å². The van der Waals surface area contributed by atoms with Gasteiger partial charge in [0.15, 0.2) is 0 Å². The third-order valence-corrected chi connectivity index (χ3v) is 1.83. The maximum Gasteiger partial charge on any atom is 0.142 e. The van der Waals surface area contributed by atoms with Gasteiger partial charge in [0.1, 0.15) is 5.82 Å². The van der Waals surface area contributed by atoms with Crippen molar-refractivity contribution in [1.29, 1.82) is 0 Å². The lowest BCUT2D eigenvalue weighted by Gasteiger charge is -2.06. The van der Waals surface area contributed by atoms with Gasteiger partial charge in [-0.25, -0.2) is 4.39 Å². The Balaban J connectivity index is 3.17. The molecule has 0 amide bonds. The van der Waals surface area contributed by atoms with Crippen LogP contribution in [0.1, 0.15) is 18.6 Å². The molecule has 0 spiro atoms. The molecule has 0 bridgehead atoms. The summed E-state index contributed by atoms with van der Waals surface area (Å²) in [7, 11) is 0. The molecule has 1 aromatic carbocycles. The molecule has 0 aromatic heterocycles. The molecular formula is C8H8ClFO. The predicted octanol–water partition coefficient (Wildman–Crippen LogP) is 2.53. The van der Waals surface area contributed by atoms with E-state index in [4.69, 9.17) is 16.7 Å². The molecule has 0 unspecified atom stereocenters. The number of halogens is 2. The van der Waals surface area contributed by atoms with Crippen LogP contribution in [0.15, 0.2) is 18.2 Å². The molecule has 1 rings (SSSR count). The minimum Gasteiger partial charge on any atom is -0.389 e. The first-order valence-corrected chi connectivity index (χ1v) is 3.62. The molecule has 0 saturated heterocycles. The summed E-state index contributed by atoms with van der Waals surface area (Å²) in [4.78, 5) is 0. The molecule has 0 aliphatic carbocycles. The van der Waals surface area contributed by atoms with Crippen LogP contribution in [0.25, 0.3) is 0 Å². The third kappa shape index (κ3) is 1.70. The molecule has 0 aliphatic heterocycles. The summed E-state index contributed by atoms with van der Waals surface area (Å²) in [6.45, 7) is 1.54.